The van der Waals surface area contributed by atoms with Crippen LogP contribution in [0.2, 0.25) is 0 Å². The van der Waals surface area contributed by atoms with Crippen LogP contribution in [0, 0.1) is 11.9 Å². The molecule has 0 saturated carbocycles. The third-order valence-corrected chi connectivity index (χ3v) is 2.28. The van der Waals surface area contributed by atoms with E-state index in [4.69, 9.17) is 5.73 Å². The fraction of sp³-hybridized carbons (Fsp3) is 0.545. The summed E-state index contributed by atoms with van der Waals surface area (Å²) < 4.78 is 12.7. The number of hydrogen-bond acceptors (Lipinski definition) is 3. The standard InChI is InChI=1S/C11H18FN3/c1-8(2)11(14-6-5-13)9-3-4-10(12)15-7-9/h3-4,7-8,11,14H,5-6,13H2,1-2H3. The van der Waals surface area contributed by atoms with E-state index in [2.05, 4.69) is 24.1 Å². The first-order chi connectivity index (χ1) is 7.15. The van der Waals surface area contributed by atoms with Crippen LogP contribution in [0.15, 0.2) is 18.3 Å². The molecule has 84 valence electrons. The van der Waals surface area contributed by atoms with Gasteiger partial charge in [-0.2, -0.15) is 4.39 Å². The van der Waals surface area contributed by atoms with E-state index in [1.54, 1.807) is 12.3 Å². The minimum Gasteiger partial charge on any atom is -0.329 e. The lowest BCUT2D eigenvalue weighted by Gasteiger charge is -2.22. The Morgan fingerprint density at radius 2 is 2.20 bits per heavy atom. The molecule has 0 bridgehead atoms. The van der Waals surface area contributed by atoms with Crippen LogP contribution in [0.1, 0.15) is 25.5 Å². The van der Waals surface area contributed by atoms with Crippen LogP contribution in [-0.4, -0.2) is 18.1 Å². The van der Waals surface area contributed by atoms with Gasteiger partial charge in [0.25, 0.3) is 0 Å². The van der Waals surface area contributed by atoms with Gasteiger partial charge in [-0.05, 0) is 17.5 Å². The molecule has 1 aromatic rings. The Morgan fingerprint density at radius 1 is 1.47 bits per heavy atom. The van der Waals surface area contributed by atoms with Gasteiger partial charge in [0.1, 0.15) is 0 Å². The second-order valence-corrected chi connectivity index (χ2v) is 3.88. The SMILES string of the molecule is CC(C)C(NCCN)c1ccc(F)nc1. The van der Waals surface area contributed by atoms with Crippen LogP contribution in [0.5, 0.6) is 0 Å². The van der Waals surface area contributed by atoms with Crippen molar-refractivity contribution in [3.63, 3.8) is 0 Å². The van der Waals surface area contributed by atoms with Crippen molar-refractivity contribution in [1.82, 2.24) is 10.3 Å². The molecule has 15 heavy (non-hydrogen) atoms. The van der Waals surface area contributed by atoms with Gasteiger partial charge in [0, 0.05) is 25.3 Å². The molecule has 0 spiro atoms. The number of hydrogen-bond donors (Lipinski definition) is 2. The average molecular weight is 211 g/mol. The van der Waals surface area contributed by atoms with Crippen LogP contribution in [0.25, 0.3) is 0 Å². The lowest BCUT2D eigenvalue weighted by molar-refractivity contribution is 0.414. The largest absolute Gasteiger partial charge is 0.329 e. The van der Waals surface area contributed by atoms with Crippen molar-refractivity contribution in [3.05, 3.63) is 29.8 Å². The molecule has 0 amide bonds. The van der Waals surface area contributed by atoms with Crippen LogP contribution in [0.4, 0.5) is 4.39 Å². The Bertz CT molecular complexity index is 284. The van der Waals surface area contributed by atoms with E-state index in [0.29, 0.717) is 12.5 Å². The summed E-state index contributed by atoms with van der Waals surface area (Å²) in [6.45, 7) is 5.56. The molecule has 0 aliphatic carbocycles. The van der Waals surface area contributed by atoms with E-state index >= 15 is 0 Å². The molecular formula is C11H18FN3. The van der Waals surface area contributed by atoms with Crippen LogP contribution < -0.4 is 11.1 Å². The topological polar surface area (TPSA) is 50.9 Å². The number of rotatable bonds is 5. The van der Waals surface area contributed by atoms with Crippen molar-refractivity contribution in [3.8, 4) is 0 Å². The molecule has 1 rings (SSSR count). The Balaban J connectivity index is 2.74. The summed E-state index contributed by atoms with van der Waals surface area (Å²) in [5.74, 6) is -0.0242. The van der Waals surface area contributed by atoms with Crippen molar-refractivity contribution in [2.45, 2.75) is 19.9 Å². The van der Waals surface area contributed by atoms with Crippen LogP contribution >= 0.6 is 0 Å². The van der Waals surface area contributed by atoms with E-state index in [-0.39, 0.29) is 6.04 Å². The predicted molar refractivity (Wildman–Crippen MR) is 58.8 cm³/mol. The molecule has 0 aliphatic heterocycles. The summed E-state index contributed by atoms with van der Waals surface area (Å²) >= 11 is 0. The molecule has 1 atom stereocenters. The number of pyridine rings is 1. The molecule has 1 unspecified atom stereocenters. The lowest BCUT2D eigenvalue weighted by Crippen LogP contribution is -2.30. The maximum Gasteiger partial charge on any atom is 0.212 e. The first kappa shape index (κ1) is 12.1. The maximum atomic E-state index is 12.7. The highest BCUT2D eigenvalue weighted by molar-refractivity contribution is 5.15. The summed E-state index contributed by atoms with van der Waals surface area (Å²) in [7, 11) is 0. The molecule has 3 nitrogen and oxygen atoms in total. The van der Waals surface area contributed by atoms with Crippen molar-refractivity contribution in [2.75, 3.05) is 13.1 Å². The molecular weight excluding hydrogens is 193 g/mol. The minimum atomic E-state index is -0.444. The van der Waals surface area contributed by atoms with E-state index in [9.17, 15) is 4.39 Å². The molecule has 0 aromatic carbocycles. The van der Waals surface area contributed by atoms with E-state index < -0.39 is 5.95 Å². The Labute approximate surface area is 89.9 Å². The van der Waals surface area contributed by atoms with E-state index in [0.717, 1.165) is 12.1 Å². The van der Waals surface area contributed by atoms with Gasteiger partial charge < -0.3 is 11.1 Å². The monoisotopic (exact) mass is 211 g/mol. The van der Waals surface area contributed by atoms with Crippen molar-refractivity contribution in [2.24, 2.45) is 11.7 Å². The fourth-order valence-electron chi connectivity index (χ4n) is 1.55. The van der Waals surface area contributed by atoms with Gasteiger partial charge in [-0.1, -0.05) is 19.9 Å². The van der Waals surface area contributed by atoms with Gasteiger partial charge in [0.15, 0.2) is 0 Å². The third-order valence-electron chi connectivity index (χ3n) is 2.28. The molecule has 3 N–H and O–H groups in total. The van der Waals surface area contributed by atoms with E-state index in [1.807, 2.05) is 0 Å². The highest BCUT2D eigenvalue weighted by Crippen LogP contribution is 2.20. The summed E-state index contributed by atoms with van der Waals surface area (Å²) in [5.41, 5.74) is 6.44. The Hall–Kier alpha value is -1.00. The van der Waals surface area contributed by atoms with Crippen molar-refractivity contribution in [1.29, 1.82) is 0 Å². The van der Waals surface area contributed by atoms with E-state index in [1.165, 1.54) is 6.07 Å². The summed E-state index contributed by atoms with van der Waals surface area (Å²) in [6.07, 6.45) is 1.57. The number of nitrogens with zero attached hydrogens (tertiary/aromatic N) is 1. The van der Waals surface area contributed by atoms with Crippen molar-refractivity contribution >= 4 is 0 Å². The highest BCUT2D eigenvalue weighted by atomic mass is 19.1. The first-order valence-corrected chi connectivity index (χ1v) is 5.20. The number of halogens is 1. The lowest BCUT2D eigenvalue weighted by atomic mass is 9.97. The zero-order valence-electron chi connectivity index (χ0n) is 9.20. The molecule has 0 radical (unpaired) electrons. The minimum absolute atomic E-state index is 0.182. The van der Waals surface area contributed by atoms with Gasteiger partial charge >= 0.3 is 0 Å². The number of nitrogens with one attached hydrogen (secondary N) is 1. The predicted octanol–water partition coefficient (Wildman–Crippen LogP) is 1.47. The smallest absolute Gasteiger partial charge is 0.212 e. The summed E-state index contributed by atoms with van der Waals surface area (Å²) in [5, 5.41) is 3.32. The summed E-state index contributed by atoms with van der Waals surface area (Å²) in [6, 6.07) is 3.33. The van der Waals surface area contributed by atoms with Gasteiger partial charge in [-0.3, -0.25) is 0 Å². The molecule has 4 heteroatoms. The maximum absolute atomic E-state index is 12.7. The van der Waals surface area contributed by atoms with Crippen LogP contribution in [0.3, 0.4) is 0 Å². The molecule has 1 heterocycles. The zero-order valence-corrected chi connectivity index (χ0v) is 9.20. The Kier molecular flexibility index (Phi) is 4.65. The Morgan fingerprint density at radius 3 is 2.67 bits per heavy atom. The van der Waals surface area contributed by atoms with Gasteiger partial charge in [-0.25, -0.2) is 4.98 Å². The molecule has 0 aliphatic rings. The average Bonchev–Trinajstić information content (AvgIpc) is 2.21. The zero-order chi connectivity index (χ0) is 11.3. The summed E-state index contributed by atoms with van der Waals surface area (Å²) in [4.78, 5) is 3.65. The fourth-order valence-corrected chi connectivity index (χ4v) is 1.55. The van der Waals surface area contributed by atoms with Gasteiger partial charge in [0.2, 0.25) is 5.95 Å². The highest BCUT2D eigenvalue weighted by Gasteiger charge is 2.14. The quantitative estimate of drug-likeness (QED) is 0.725. The molecule has 0 fully saturated rings. The molecule has 1 aromatic heterocycles. The third kappa shape index (κ3) is 3.57. The number of aromatic nitrogens is 1. The van der Waals surface area contributed by atoms with Crippen LogP contribution in [-0.2, 0) is 0 Å². The molecule has 0 saturated heterocycles. The second-order valence-electron chi connectivity index (χ2n) is 3.88. The van der Waals surface area contributed by atoms with Gasteiger partial charge in [0.05, 0.1) is 0 Å². The van der Waals surface area contributed by atoms with Gasteiger partial charge in [-0.15, -0.1) is 0 Å². The first-order valence-electron chi connectivity index (χ1n) is 5.20. The number of nitrogens with two attached hydrogens (primary N) is 1. The van der Waals surface area contributed by atoms with Crippen molar-refractivity contribution < 1.29 is 4.39 Å². The second kappa shape index (κ2) is 5.78. The normalized spacial score (nSPS) is 13.1.